The fourth-order valence-electron chi connectivity index (χ4n) is 2.32. The second-order valence-corrected chi connectivity index (χ2v) is 4.90. The Morgan fingerprint density at radius 3 is 3.11 bits per heavy atom. The van der Waals surface area contributed by atoms with Gasteiger partial charge in [-0.25, -0.2) is 4.98 Å². The maximum atomic E-state index is 10.4. The third-order valence-corrected chi connectivity index (χ3v) is 3.67. The van der Waals surface area contributed by atoms with Crippen LogP contribution in [0.15, 0.2) is 24.4 Å². The average molecular weight is 273 g/mol. The Morgan fingerprint density at radius 1 is 1.53 bits per heavy atom. The van der Waals surface area contributed by atoms with Crippen molar-refractivity contribution in [3.63, 3.8) is 0 Å². The van der Waals surface area contributed by atoms with Crippen molar-refractivity contribution >= 4 is 41.8 Å². The van der Waals surface area contributed by atoms with E-state index in [1.54, 1.807) is 19.7 Å². The van der Waals surface area contributed by atoms with E-state index in [2.05, 4.69) is 16.0 Å². The first-order valence-electron chi connectivity index (χ1n) is 6.13. The predicted octanol–water partition coefficient (Wildman–Crippen LogP) is 2.11. The first-order chi connectivity index (χ1) is 9.28. The molecule has 0 spiro atoms. The molecule has 0 aliphatic carbocycles. The molecule has 3 rings (SSSR count). The van der Waals surface area contributed by atoms with Crippen LogP contribution in [0.25, 0.3) is 16.6 Å². The summed E-state index contributed by atoms with van der Waals surface area (Å²) >= 11 is 6.14. The number of aromatic amines is 1. The molecule has 95 valence electrons. The molecule has 6 heteroatoms. The van der Waals surface area contributed by atoms with Crippen LogP contribution in [-0.2, 0) is 4.79 Å². The zero-order valence-electron chi connectivity index (χ0n) is 10.3. The Morgan fingerprint density at radius 2 is 2.42 bits per heavy atom. The fraction of sp³-hybridized carbons (Fsp3) is 0.231. The van der Waals surface area contributed by atoms with Gasteiger partial charge < -0.3 is 14.6 Å². The van der Waals surface area contributed by atoms with Gasteiger partial charge in [0.1, 0.15) is 5.65 Å². The van der Waals surface area contributed by atoms with Crippen molar-refractivity contribution in [3.8, 4) is 0 Å². The van der Waals surface area contributed by atoms with E-state index in [4.69, 9.17) is 11.6 Å². The average Bonchev–Trinajstić information content (AvgIpc) is 2.85. The van der Waals surface area contributed by atoms with E-state index in [-0.39, 0.29) is 0 Å². The number of carbonyl (C=O) groups is 1. The first-order valence-corrected chi connectivity index (χ1v) is 6.51. The number of hydrogen-bond acceptors (Lipinski definition) is 3. The quantitative estimate of drug-likeness (QED) is 0.688. The fourth-order valence-corrected chi connectivity index (χ4v) is 2.52. The van der Waals surface area contributed by atoms with Crippen LogP contribution in [0, 0.1) is 0 Å². The molecule has 1 aliphatic heterocycles. The lowest BCUT2D eigenvalue weighted by atomic mass is 9.91. The normalized spacial score (nSPS) is 16.4. The van der Waals surface area contributed by atoms with Crippen molar-refractivity contribution in [3.05, 3.63) is 35.1 Å². The molecule has 0 amide bonds. The third-order valence-electron chi connectivity index (χ3n) is 3.34. The van der Waals surface area contributed by atoms with Crippen LogP contribution < -0.4 is 0 Å². The Hall–Kier alpha value is -1.59. The summed E-state index contributed by atoms with van der Waals surface area (Å²) in [6.07, 6.45) is 5.54. The highest BCUT2D eigenvalue weighted by molar-refractivity contribution is 6.64. The lowest BCUT2D eigenvalue weighted by molar-refractivity contribution is 0.487. The summed E-state index contributed by atoms with van der Waals surface area (Å²) in [7, 11) is 1.58. The van der Waals surface area contributed by atoms with Crippen LogP contribution >= 0.6 is 11.6 Å². The minimum Gasteiger partial charge on any atom is -0.339 e. The smallest absolute Gasteiger partial charge is 0.293 e. The van der Waals surface area contributed by atoms with Gasteiger partial charge in [-0.05, 0) is 30.7 Å². The van der Waals surface area contributed by atoms with E-state index in [0.717, 1.165) is 42.4 Å². The summed E-state index contributed by atoms with van der Waals surface area (Å²) in [6.45, 7) is 1.60. The topological polar surface area (TPSA) is 49.0 Å². The second-order valence-electron chi connectivity index (χ2n) is 4.50. The summed E-state index contributed by atoms with van der Waals surface area (Å²) < 4.78 is 0. The van der Waals surface area contributed by atoms with Gasteiger partial charge in [0.2, 0.25) is 0 Å². The molecule has 1 radical (unpaired) electrons. The van der Waals surface area contributed by atoms with Gasteiger partial charge >= 0.3 is 0 Å². The number of fused-ring (bicyclic) bond motifs is 1. The minimum atomic E-state index is 0.708. The van der Waals surface area contributed by atoms with E-state index in [1.807, 2.05) is 10.9 Å². The molecule has 0 atom stereocenters. The largest absolute Gasteiger partial charge is 0.339 e. The molecule has 4 nitrogen and oxygen atoms in total. The summed E-state index contributed by atoms with van der Waals surface area (Å²) in [4.78, 5) is 20.0. The summed E-state index contributed by atoms with van der Waals surface area (Å²) in [5.41, 5.74) is 3.11. The molecule has 0 aromatic carbocycles. The van der Waals surface area contributed by atoms with E-state index in [0.29, 0.717) is 5.02 Å². The van der Waals surface area contributed by atoms with E-state index in [1.165, 1.54) is 5.57 Å². The molecule has 0 fully saturated rings. The lowest BCUT2D eigenvalue weighted by Crippen LogP contribution is -2.32. The van der Waals surface area contributed by atoms with Gasteiger partial charge in [0, 0.05) is 23.8 Å². The molecule has 0 saturated carbocycles. The monoisotopic (exact) mass is 272 g/mol. The van der Waals surface area contributed by atoms with Gasteiger partial charge in [-0.15, -0.1) is 0 Å². The van der Waals surface area contributed by atoms with Crippen molar-refractivity contribution in [2.24, 2.45) is 0 Å². The van der Waals surface area contributed by atoms with Gasteiger partial charge in [0.25, 0.3) is 7.41 Å². The molecule has 0 saturated heterocycles. The number of aromatic nitrogens is 2. The molecule has 1 aliphatic rings. The molecule has 0 bridgehead atoms. The van der Waals surface area contributed by atoms with Crippen LogP contribution in [0.1, 0.15) is 12.1 Å². The highest BCUT2D eigenvalue weighted by Crippen LogP contribution is 2.28. The highest BCUT2D eigenvalue weighted by Gasteiger charge is 2.15. The molecule has 0 unspecified atom stereocenters. The van der Waals surface area contributed by atoms with Gasteiger partial charge in [-0.2, -0.15) is 0 Å². The van der Waals surface area contributed by atoms with Crippen molar-refractivity contribution in [1.29, 1.82) is 0 Å². The third kappa shape index (κ3) is 2.44. The molecular formula is C13H12BClN3O. The minimum absolute atomic E-state index is 0.708. The maximum Gasteiger partial charge on any atom is 0.293 e. The number of nitrogens with one attached hydrogen (secondary N) is 1. The Labute approximate surface area is 116 Å². The molecule has 3 heterocycles. The summed E-state index contributed by atoms with van der Waals surface area (Å²) in [5, 5.41) is 1.65. The number of pyridine rings is 1. The number of H-pyrrole nitrogens is 1. The van der Waals surface area contributed by atoms with Crippen LogP contribution in [0.5, 0.6) is 0 Å². The number of carbonyl (C=O) groups excluding carboxylic acids is 1. The van der Waals surface area contributed by atoms with Gasteiger partial charge in [-0.1, -0.05) is 17.7 Å². The van der Waals surface area contributed by atoms with Gasteiger partial charge in [-0.3, -0.25) is 0 Å². The first kappa shape index (κ1) is 12.4. The van der Waals surface area contributed by atoms with Crippen molar-refractivity contribution in [1.82, 2.24) is 14.8 Å². The van der Waals surface area contributed by atoms with Crippen LogP contribution in [0.4, 0.5) is 0 Å². The maximum absolute atomic E-state index is 10.4. The lowest BCUT2D eigenvalue weighted by Gasteiger charge is -2.23. The molecular weight excluding hydrogens is 260 g/mol. The van der Waals surface area contributed by atoms with Crippen LogP contribution in [-0.4, -0.2) is 41.5 Å². The summed E-state index contributed by atoms with van der Waals surface area (Å²) in [6, 6.07) is 3.83. The van der Waals surface area contributed by atoms with E-state index in [9.17, 15) is 4.79 Å². The van der Waals surface area contributed by atoms with E-state index < -0.39 is 0 Å². The van der Waals surface area contributed by atoms with Gasteiger partial charge in [0.05, 0.1) is 11.2 Å². The Bertz CT molecular complexity index is 652. The van der Waals surface area contributed by atoms with Crippen molar-refractivity contribution < 1.29 is 4.79 Å². The van der Waals surface area contributed by atoms with Crippen LogP contribution in [0.2, 0.25) is 5.02 Å². The number of halogens is 1. The Balaban J connectivity index is 1.89. The standard InChI is InChI=1S/C13H12BClN3O/c15-11-1-4-16-13-10(11)7-12(17-13)9-2-5-18(6-3-9)14-8-19/h1-2,4,7-8H,3,5-6H2,(H,16,17). The molecule has 2 aromatic heterocycles. The number of rotatable bonds is 3. The predicted molar refractivity (Wildman–Crippen MR) is 77.8 cm³/mol. The van der Waals surface area contributed by atoms with Crippen molar-refractivity contribution in [2.75, 3.05) is 13.1 Å². The number of nitrogens with zero attached hydrogens (tertiary/aromatic N) is 2. The van der Waals surface area contributed by atoms with E-state index >= 15 is 0 Å². The Kier molecular flexibility index (Phi) is 3.40. The molecule has 2 aromatic rings. The zero-order chi connectivity index (χ0) is 13.2. The van der Waals surface area contributed by atoms with Crippen molar-refractivity contribution in [2.45, 2.75) is 6.42 Å². The molecule has 1 N–H and O–H groups in total. The van der Waals surface area contributed by atoms with Gasteiger partial charge in [0.15, 0.2) is 0 Å². The van der Waals surface area contributed by atoms with Crippen LogP contribution in [0.3, 0.4) is 0 Å². The number of hydrogen-bond donors (Lipinski definition) is 1. The highest BCUT2D eigenvalue weighted by atomic mass is 35.5. The zero-order valence-corrected chi connectivity index (χ0v) is 11.0. The second kappa shape index (κ2) is 5.19. The SMILES string of the molecule is O=C[B]N1CC=C(c2cc3c(Cl)ccnc3[nH]2)CC1. The molecule has 19 heavy (non-hydrogen) atoms. The summed E-state index contributed by atoms with van der Waals surface area (Å²) in [5.74, 6) is 0.